The summed E-state index contributed by atoms with van der Waals surface area (Å²) >= 11 is 0. The van der Waals surface area contributed by atoms with Gasteiger partial charge in [0.2, 0.25) is 0 Å². The minimum Gasteiger partial charge on any atom is -0.325 e. The SMILES string of the molecule is CC(=O)O/N=C(/C)CN. The fourth-order valence-corrected chi connectivity index (χ4v) is 0.179. The third-order valence-corrected chi connectivity index (χ3v) is 0.625. The highest BCUT2D eigenvalue weighted by Gasteiger charge is 1.89. The first-order chi connectivity index (χ1) is 4.16. The van der Waals surface area contributed by atoms with E-state index in [1.165, 1.54) is 6.92 Å². The Morgan fingerprint density at radius 1 is 1.67 bits per heavy atom. The zero-order valence-electron chi connectivity index (χ0n) is 5.55. The maximum atomic E-state index is 10.1. The van der Waals surface area contributed by atoms with Crippen molar-refractivity contribution in [2.45, 2.75) is 13.8 Å². The molecular weight excluding hydrogens is 120 g/mol. The lowest BCUT2D eigenvalue weighted by Gasteiger charge is -1.91. The van der Waals surface area contributed by atoms with E-state index in [9.17, 15) is 4.79 Å². The summed E-state index contributed by atoms with van der Waals surface area (Å²) in [6.07, 6.45) is 0. The van der Waals surface area contributed by atoms with Crippen LogP contribution in [-0.2, 0) is 9.63 Å². The molecular formula is C5H10N2O2. The third kappa shape index (κ3) is 4.96. The van der Waals surface area contributed by atoms with Gasteiger partial charge in [-0.15, -0.1) is 0 Å². The standard InChI is InChI=1S/C5H10N2O2/c1-4(3-6)7-9-5(2)8/h3,6H2,1-2H3/b7-4-. The zero-order valence-corrected chi connectivity index (χ0v) is 5.55. The fourth-order valence-electron chi connectivity index (χ4n) is 0.179. The Hall–Kier alpha value is -0.900. The topological polar surface area (TPSA) is 64.7 Å². The van der Waals surface area contributed by atoms with Gasteiger partial charge in [0.25, 0.3) is 0 Å². The predicted octanol–water partition coefficient (Wildman–Crippen LogP) is -0.116. The van der Waals surface area contributed by atoms with Gasteiger partial charge in [-0.1, -0.05) is 5.16 Å². The van der Waals surface area contributed by atoms with Gasteiger partial charge >= 0.3 is 5.97 Å². The number of rotatable bonds is 2. The second-order valence-corrected chi connectivity index (χ2v) is 1.61. The molecule has 0 spiro atoms. The van der Waals surface area contributed by atoms with Gasteiger partial charge in [-0.25, -0.2) is 4.79 Å². The van der Waals surface area contributed by atoms with Crippen molar-refractivity contribution in [2.24, 2.45) is 10.9 Å². The molecule has 0 unspecified atom stereocenters. The van der Waals surface area contributed by atoms with Crippen LogP contribution >= 0.6 is 0 Å². The minimum atomic E-state index is -0.428. The van der Waals surface area contributed by atoms with Crippen LogP contribution in [0.3, 0.4) is 0 Å². The highest BCUT2D eigenvalue weighted by Crippen LogP contribution is 1.78. The molecule has 0 aromatic rings. The van der Waals surface area contributed by atoms with E-state index in [2.05, 4.69) is 9.99 Å². The molecule has 0 aromatic carbocycles. The van der Waals surface area contributed by atoms with Gasteiger partial charge in [-0.05, 0) is 6.92 Å². The molecule has 4 heteroatoms. The van der Waals surface area contributed by atoms with Crippen molar-refractivity contribution in [3.05, 3.63) is 0 Å². The van der Waals surface area contributed by atoms with Crippen molar-refractivity contribution in [1.29, 1.82) is 0 Å². The molecule has 0 rings (SSSR count). The summed E-state index contributed by atoms with van der Waals surface area (Å²) in [6, 6.07) is 0. The molecule has 9 heavy (non-hydrogen) atoms. The molecule has 0 radical (unpaired) electrons. The first-order valence-electron chi connectivity index (χ1n) is 2.58. The molecule has 4 nitrogen and oxygen atoms in total. The second kappa shape index (κ2) is 4.03. The Morgan fingerprint density at radius 3 is 2.56 bits per heavy atom. The Morgan fingerprint density at radius 2 is 2.22 bits per heavy atom. The first-order valence-corrected chi connectivity index (χ1v) is 2.58. The lowest BCUT2D eigenvalue weighted by atomic mass is 10.4. The molecule has 0 fully saturated rings. The highest BCUT2D eigenvalue weighted by atomic mass is 16.7. The van der Waals surface area contributed by atoms with Crippen LogP contribution in [0.15, 0.2) is 5.16 Å². The number of oxime groups is 1. The van der Waals surface area contributed by atoms with E-state index in [0.717, 1.165) is 0 Å². The average molecular weight is 130 g/mol. The molecule has 0 aromatic heterocycles. The maximum absolute atomic E-state index is 10.1. The Bertz CT molecular complexity index is 131. The number of nitrogens with zero attached hydrogens (tertiary/aromatic N) is 1. The molecule has 0 atom stereocenters. The lowest BCUT2D eigenvalue weighted by Crippen LogP contribution is -2.10. The van der Waals surface area contributed by atoms with Gasteiger partial charge in [0.15, 0.2) is 0 Å². The number of hydrogen-bond acceptors (Lipinski definition) is 4. The van der Waals surface area contributed by atoms with Crippen molar-refractivity contribution >= 4 is 11.7 Å². The number of nitrogens with two attached hydrogens (primary N) is 1. The predicted molar refractivity (Wildman–Crippen MR) is 33.9 cm³/mol. The monoisotopic (exact) mass is 130 g/mol. The van der Waals surface area contributed by atoms with Crippen LogP contribution in [-0.4, -0.2) is 18.2 Å². The summed E-state index contributed by atoms with van der Waals surface area (Å²) in [5.41, 5.74) is 5.74. The Labute approximate surface area is 53.7 Å². The van der Waals surface area contributed by atoms with Crippen molar-refractivity contribution in [2.75, 3.05) is 6.54 Å². The van der Waals surface area contributed by atoms with Crippen LogP contribution in [0, 0.1) is 0 Å². The Balaban J connectivity index is 3.56. The molecule has 0 aliphatic heterocycles. The number of carbonyl (C=O) groups is 1. The maximum Gasteiger partial charge on any atom is 0.331 e. The first kappa shape index (κ1) is 8.10. The summed E-state index contributed by atoms with van der Waals surface area (Å²) < 4.78 is 0. The summed E-state index contributed by atoms with van der Waals surface area (Å²) in [7, 11) is 0. The van der Waals surface area contributed by atoms with Gasteiger partial charge in [0, 0.05) is 13.5 Å². The van der Waals surface area contributed by atoms with E-state index in [1.54, 1.807) is 6.92 Å². The summed E-state index contributed by atoms with van der Waals surface area (Å²) in [6.45, 7) is 3.28. The molecule has 0 bridgehead atoms. The second-order valence-electron chi connectivity index (χ2n) is 1.61. The van der Waals surface area contributed by atoms with Crippen LogP contribution in [0.2, 0.25) is 0 Å². The van der Waals surface area contributed by atoms with Gasteiger partial charge < -0.3 is 10.6 Å². The summed E-state index contributed by atoms with van der Waals surface area (Å²) in [5, 5.41) is 3.38. The normalized spacial score (nSPS) is 11.2. The molecule has 2 N–H and O–H groups in total. The van der Waals surface area contributed by atoms with Gasteiger partial charge in [0.1, 0.15) is 0 Å². The molecule has 0 aliphatic carbocycles. The Kier molecular flexibility index (Phi) is 3.62. The molecule has 0 saturated heterocycles. The fraction of sp³-hybridized carbons (Fsp3) is 0.600. The van der Waals surface area contributed by atoms with Crippen LogP contribution in [0.5, 0.6) is 0 Å². The molecule has 0 heterocycles. The molecule has 0 amide bonds. The van der Waals surface area contributed by atoms with Gasteiger partial charge in [0.05, 0.1) is 5.71 Å². The zero-order chi connectivity index (χ0) is 7.28. The van der Waals surface area contributed by atoms with Crippen LogP contribution in [0.1, 0.15) is 13.8 Å². The average Bonchev–Trinajstić information content (AvgIpc) is 1.83. The van der Waals surface area contributed by atoms with E-state index < -0.39 is 5.97 Å². The molecule has 52 valence electrons. The van der Waals surface area contributed by atoms with Crippen molar-refractivity contribution in [3.63, 3.8) is 0 Å². The smallest absolute Gasteiger partial charge is 0.325 e. The lowest BCUT2D eigenvalue weighted by molar-refractivity contribution is -0.140. The highest BCUT2D eigenvalue weighted by molar-refractivity contribution is 5.83. The number of carbonyl (C=O) groups excluding carboxylic acids is 1. The van der Waals surface area contributed by atoms with Crippen molar-refractivity contribution in [1.82, 2.24) is 0 Å². The number of hydrogen-bond donors (Lipinski definition) is 1. The van der Waals surface area contributed by atoms with E-state index in [1.807, 2.05) is 0 Å². The largest absolute Gasteiger partial charge is 0.331 e. The van der Waals surface area contributed by atoms with Crippen LogP contribution in [0.25, 0.3) is 0 Å². The van der Waals surface area contributed by atoms with E-state index in [-0.39, 0.29) is 0 Å². The van der Waals surface area contributed by atoms with Gasteiger partial charge in [-0.3, -0.25) is 0 Å². The van der Waals surface area contributed by atoms with E-state index >= 15 is 0 Å². The molecule has 0 aliphatic rings. The summed E-state index contributed by atoms with van der Waals surface area (Å²) in [4.78, 5) is 14.4. The minimum absolute atomic E-state index is 0.313. The van der Waals surface area contributed by atoms with Gasteiger partial charge in [-0.2, -0.15) is 0 Å². The van der Waals surface area contributed by atoms with E-state index in [4.69, 9.17) is 5.73 Å². The van der Waals surface area contributed by atoms with Crippen LogP contribution in [0.4, 0.5) is 0 Å². The van der Waals surface area contributed by atoms with Crippen molar-refractivity contribution in [3.8, 4) is 0 Å². The van der Waals surface area contributed by atoms with Crippen LogP contribution < -0.4 is 5.73 Å². The van der Waals surface area contributed by atoms with E-state index in [0.29, 0.717) is 12.3 Å². The summed E-state index contributed by atoms with van der Waals surface area (Å²) in [5.74, 6) is -0.428. The van der Waals surface area contributed by atoms with Crippen molar-refractivity contribution < 1.29 is 9.63 Å². The third-order valence-electron chi connectivity index (χ3n) is 0.625. The molecule has 0 saturated carbocycles. The quantitative estimate of drug-likeness (QED) is 0.322.